The minimum atomic E-state index is 0.485. The molecular weight excluding hydrogens is 238 g/mol. The van der Waals surface area contributed by atoms with Crippen LogP contribution < -0.4 is 5.32 Å². The summed E-state index contributed by atoms with van der Waals surface area (Å²) in [6.07, 6.45) is 3.71. The summed E-state index contributed by atoms with van der Waals surface area (Å²) in [5, 5.41) is 8.10. The number of aromatic nitrogens is 4. The summed E-state index contributed by atoms with van der Waals surface area (Å²) in [7, 11) is 2.01. The van der Waals surface area contributed by atoms with Gasteiger partial charge in [0.15, 0.2) is 0 Å². The SMILES string of the molecule is Cc1nn(Cc2cncn2C)c(C)c1CNC(C)C. The molecule has 19 heavy (non-hydrogen) atoms. The van der Waals surface area contributed by atoms with Gasteiger partial charge in [-0.05, 0) is 13.8 Å². The molecule has 1 N–H and O–H groups in total. The van der Waals surface area contributed by atoms with Crippen molar-refractivity contribution < 1.29 is 0 Å². The number of hydrogen-bond donors (Lipinski definition) is 1. The quantitative estimate of drug-likeness (QED) is 0.892. The summed E-state index contributed by atoms with van der Waals surface area (Å²) in [6, 6.07) is 0.485. The van der Waals surface area contributed by atoms with Gasteiger partial charge in [-0.25, -0.2) is 4.98 Å². The average molecular weight is 261 g/mol. The lowest BCUT2D eigenvalue weighted by atomic mass is 10.2. The van der Waals surface area contributed by atoms with Gasteiger partial charge in [0, 0.05) is 30.9 Å². The fourth-order valence-corrected chi connectivity index (χ4v) is 2.14. The zero-order chi connectivity index (χ0) is 14.0. The Hall–Kier alpha value is -1.62. The molecule has 0 aliphatic heterocycles. The van der Waals surface area contributed by atoms with E-state index in [1.165, 1.54) is 11.3 Å². The van der Waals surface area contributed by atoms with Crippen molar-refractivity contribution in [3.8, 4) is 0 Å². The first-order valence-corrected chi connectivity index (χ1v) is 6.70. The second-order valence-corrected chi connectivity index (χ2v) is 5.34. The third-order valence-electron chi connectivity index (χ3n) is 3.45. The van der Waals surface area contributed by atoms with Crippen molar-refractivity contribution in [3.05, 3.63) is 35.2 Å². The van der Waals surface area contributed by atoms with E-state index in [1.54, 1.807) is 0 Å². The Morgan fingerprint density at radius 1 is 1.32 bits per heavy atom. The standard InChI is InChI=1S/C14H23N5/c1-10(2)16-7-14-11(3)17-19(12(14)4)8-13-6-15-9-18(13)5/h6,9-10,16H,7-8H2,1-5H3. The maximum atomic E-state index is 4.64. The Kier molecular flexibility index (Phi) is 4.04. The van der Waals surface area contributed by atoms with Crippen LogP contribution in [0.15, 0.2) is 12.5 Å². The van der Waals surface area contributed by atoms with Gasteiger partial charge in [0.05, 0.1) is 30.5 Å². The molecule has 0 aliphatic rings. The van der Waals surface area contributed by atoms with Crippen molar-refractivity contribution in [1.29, 1.82) is 0 Å². The van der Waals surface area contributed by atoms with E-state index in [-0.39, 0.29) is 0 Å². The molecule has 2 rings (SSSR count). The predicted octanol–water partition coefficient (Wildman–Crippen LogP) is 1.78. The Morgan fingerprint density at radius 2 is 2.05 bits per heavy atom. The third-order valence-corrected chi connectivity index (χ3v) is 3.45. The van der Waals surface area contributed by atoms with E-state index in [9.17, 15) is 0 Å². The Morgan fingerprint density at radius 3 is 2.63 bits per heavy atom. The summed E-state index contributed by atoms with van der Waals surface area (Å²) in [5.74, 6) is 0. The van der Waals surface area contributed by atoms with E-state index in [1.807, 2.05) is 24.1 Å². The molecule has 5 nitrogen and oxygen atoms in total. The molecule has 2 aromatic heterocycles. The fourth-order valence-electron chi connectivity index (χ4n) is 2.14. The highest BCUT2D eigenvalue weighted by molar-refractivity contribution is 5.25. The van der Waals surface area contributed by atoms with Crippen LogP contribution in [0.4, 0.5) is 0 Å². The summed E-state index contributed by atoms with van der Waals surface area (Å²) in [6.45, 7) is 10.2. The average Bonchev–Trinajstić information content (AvgIpc) is 2.84. The number of nitrogens with zero attached hydrogens (tertiary/aromatic N) is 4. The molecule has 0 aromatic carbocycles. The summed E-state index contributed by atoms with van der Waals surface area (Å²) in [4.78, 5) is 4.15. The Balaban J connectivity index is 2.19. The number of aryl methyl sites for hydroxylation is 2. The largest absolute Gasteiger partial charge is 0.336 e. The monoisotopic (exact) mass is 261 g/mol. The lowest BCUT2D eigenvalue weighted by Crippen LogP contribution is -2.22. The number of rotatable bonds is 5. The fraction of sp³-hybridized carbons (Fsp3) is 0.571. The molecular formula is C14H23N5. The van der Waals surface area contributed by atoms with Crippen molar-refractivity contribution in [1.82, 2.24) is 24.6 Å². The van der Waals surface area contributed by atoms with Gasteiger partial charge in [-0.15, -0.1) is 0 Å². The lowest BCUT2D eigenvalue weighted by Gasteiger charge is -2.09. The Labute approximate surface area is 114 Å². The summed E-state index contributed by atoms with van der Waals surface area (Å²) < 4.78 is 4.09. The highest BCUT2D eigenvalue weighted by atomic mass is 15.3. The van der Waals surface area contributed by atoms with E-state index < -0.39 is 0 Å². The van der Waals surface area contributed by atoms with Crippen LogP contribution in [-0.2, 0) is 20.1 Å². The van der Waals surface area contributed by atoms with Crippen LogP contribution in [0, 0.1) is 13.8 Å². The van der Waals surface area contributed by atoms with Gasteiger partial charge in [0.2, 0.25) is 0 Å². The van der Waals surface area contributed by atoms with E-state index in [2.05, 4.69) is 47.8 Å². The zero-order valence-corrected chi connectivity index (χ0v) is 12.4. The van der Waals surface area contributed by atoms with Crippen LogP contribution in [0.1, 0.15) is 36.5 Å². The Bertz CT molecular complexity index is 550. The molecule has 0 saturated carbocycles. The first-order chi connectivity index (χ1) is 8.99. The van der Waals surface area contributed by atoms with Gasteiger partial charge >= 0.3 is 0 Å². The molecule has 2 aromatic rings. The van der Waals surface area contributed by atoms with E-state index >= 15 is 0 Å². The van der Waals surface area contributed by atoms with Gasteiger partial charge in [0.25, 0.3) is 0 Å². The predicted molar refractivity (Wildman–Crippen MR) is 76.0 cm³/mol. The third kappa shape index (κ3) is 3.04. The van der Waals surface area contributed by atoms with Crippen LogP contribution >= 0.6 is 0 Å². The van der Waals surface area contributed by atoms with Crippen molar-refractivity contribution in [2.75, 3.05) is 0 Å². The molecule has 0 saturated heterocycles. The van der Waals surface area contributed by atoms with Gasteiger partial charge in [-0.1, -0.05) is 13.8 Å². The normalized spacial score (nSPS) is 11.5. The molecule has 0 aliphatic carbocycles. The first kappa shape index (κ1) is 13.8. The maximum Gasteiger partial charge on any atom is 0.0946 e. The summed E-state index contributed by atoms with van der Waals surface area (Å²) in [5.41, 5.74) is 4.80. The van der Waals surface area contributed by atoms with Crippen LogP contribution in [0.5, 0.6) is 0 Å². The van der Waals surface area contributed by atoms with Crippen molar-refractivity contribution >= 4 is 0 Å². The highest BCUT2D eigenvalue weighted by Crippen LogP contribution is 2.14. The van der Waals surface area contributed by atoms with Crippen LogP contribution in [0.2, 0.25) is 0 Å². The first-order valence-electron chi connectivity index (χ1n) is 6.70. The van der Waals surface area contributed by atoms with Gasteiger partial charge in [-0.3, -0.25) is 4.68 Å². The van der Waals surface area contributed by atoms with Crippen molar-refractivity contribution in [2.24, 2.45) is 7.05 Å². The number of imidazole rings is 1. The van der Waals surface area contributed by atoms with Crippen molar-refractivity contribution in [3.63, 3.8) is 0 Å². The minimum Gasteiger partial charge on any atom is -0.336 e. The maximum absolute atomic E-state index is 4.64. The minimum absolute atomic E-state index is 0.485. The highest BCUT2D eigenvalue weighted by Gasteiger charge is 2.12. The van der Waals surface area contributed by atoms with Crippen LogP contribution in [0.25, 0.3) is 0 Å². The molecule has 0 amide bonds. The van der Waals surface area contributed by atoms with E-state index in [0.717, 1.165) is 24.5 Å². The smallest absolute Gasteiger partial charge is 0.0946 e. The van der Waals surface area contributed by atoms with Gasteiger partial charge < -0.3 is 9.88 Å². The summed E-state index contributed by atoms with van der Waals surface area (Å²) >= 11 is 0. The van der Waals surface area contributed by atoms with Gasteiger partial charge in [0.1, 0.15) is 0 Å². The number of nitrogens with one attached hydrogen (secondary N) is 1. The van der Waals surface area contributed by atoms with Gasteiger partial charge in [-0.2, -0.15) is 5.10 Å². The topological polar surface area (TPSA) is 47.7 Å². The molecule has 0 fully saturated rings. The molecule has 0 unspecified atom stereocenters. The molecule has 104 valence electrons. The molecule has 0 radical (unpaired) electrons. The molecule has 0 bridgehead atoms. The second-order valence-electron chi connectivity index (χ2n) is 5.34. The molecule has 0 spiro atoms. The second kappa shape index (κ2) is 5.57. The van der Waals surface area contributed by atoms with Crippen molar-refractivity contribution in [2.45, 2.75) is 46.8 Å². The van der Waals surface area contributed by atoms with E-state index in [4.69, 9.17) is 0 Å². The lowest BCUT2D eigenvalue weighted by molar-refractivity contribution is 0.583. The molecule has 2 heterocycles. The zero-order valence-electron chi connectivity index (χ0n) is 12.4. The molecule has 5 heteroatoms. The van der Waals surface area contributed by atoms with Crippen LogP contribution in [0.3, 0.4) is 0 Å². The molecule has 0 atom stereocenters. The van der Waals surface area contributed by atoms with Crippen LogP contribution in [-0.4, -0.2) is 25.4 Å². The van der Waals surface area contributed by atoms with E-state index in [0.29, 0.717) is 6.04 Å². The number of hydrogen-bond acceptors (Lipinski definition) is 3.